The van der Waals surface area contributed by atoms with Gasteiger partial charge in [-0.05, 0) is 67.1 Å². The van der Waals surface area contributed by atoms with Crippen LogP contribution in [0.25, 0.3) is 16.9 Å². The van der Waals surface area contributed by atoms with Crippen molar-refractivity contribution in [2.75, 3.05) is 12.4 Å². The number of rotatable bonds is 5. The van der Waals surface area contributed by atoms with Gasteiger partial charge >= 0.3 is 0 Å². The molecule has 30 heavy (non-hydrogen) atoms. The number of pyridine rings is 1. The Morgan fingerprint density at radius 2 is 1.90 bits per heavy atom. The first-order valence-corrected chi connectivity index (χ1v) is 9.27. The first kappa shape index (κ1) is 19.3. The lowest BCUT2D eigenvalue weighted by molar-refractivity contribution is 0.102. The minimum absolute atomic E-state index is 0.210. The van der Waals surface area contributed by atoms with E-state index in [-0.39, 0.29) is 17.4 Å². The number of nitrogens with one attached hydrogen (secondary N) is 1. The number of anilines is 1. The van der Waals surface area contributed by atoms with Crippen LogP contribution in [0.4, 0.5) is 10.1 Å². The van der Waals surface area contributed by atoms with Crippen LogP contribution in [0.3, 0.4) is 0 Å². The molecule has 1 N–H and O–H groups in total. The molecule has 6 nitrogen and oxygen atoms in total. The smallest absolute Gasteiger partial charge is 0.276 e. The lowest BCUT2D eigenvalue weighted by atomic mass is 10.2. The number of methoxy groups -OCH3 is 1. The lowest BCUT2D eigenvalue weighted by Crippen LogP contribution is -2.14. The summed E-state index contributed by atoms with van der Waals surface area (Å²) >= 11 is 0. The number of carbonyl (C=O) groups is 1. The van der Waals surface area contributed by atoms with Gasteiger partial charge in [0.05, 0.1) is 24.2 Å². The zero-order valence-electron chi connectivity index (χ0n) is 16.5. The average molecular weight is 402 g/mol. The topological polar surface area (TPSA) is 69.0 Å². The van der Waals surface area contributed by atoms with E-state index in [1.165, 1.54) is 12.1 Å². The zero-order valence-corrected chi connectivity index (χ0v) is 16.5. The molecule has 0 unspecified atom stereocenters. The Kier molecular flexibility index (Phi) is 5.26. The summed E-state index contributed by atoms with van der Waals surface area (Å²) in [6.07, 6.45) is 3.35. The van der Waals surface area contributed by atoms with E-state index in [2.05, 4.69) is 15.4 Å². The Balaban J connectivity index is 1.75. The van der Waals surface area contributed by atoms with Crippen LogP contribution in [-0.2, 0) is 0 Å². The number of hydrogen-bond acceptors (Lipinski definition) is 4. The summed E-state index contributed by atoms with van der Waals surface area (Å²) in [6.45, 7) is 1.93. The van der Waals surface area contributed by atoms with E-state index in [0.29, 0.717) is 22.8 Å². The van der Waals surface area contributed by atoms with Crippen LogP contribution < -0.4 is 10.1 Å². The summed E-state index contributed by atoms with van der Waals surface area (Å²) in [4.78, 5) is 17.1. The third-order valence-corrected chi connectivity index (χ3v) is 4.57. The Bertz CT molecular complexity index is 1190. The fraction of sp³-hybridized carbons (Fsp3) is 0.0870. The zero-order chi connectivity index (χ0) is 21.1. The summed E-state index contributed by atoms with van der Waals surface area (Å²) in [5.74, 6) is -0.178. The Morgan fingerprint density at radius 1 is 1.10 bits per heavy atom. The minimum Gasteiger partial charge on any atom is -0.495 e. The maximum Gasteiger partial charge on any atom is 0.276 e. The largest absolute Gasteiger partial charge is 0.495 e. The fourth-order valence-corrected chi connectivity index (χ4v) is 3.10. The monoisotopic (exact) mass is 402 g/mol. The predicted molar refractivity (Wildman–Crippen MR) is 112 cm³/mol. The highest BCUT2D eigenvalue weighted by Gasteiger charge is 2.18. The summed E-state index contributed by atoms with van der Waals surface area (Å²) in [7, 11) is 1.55. The van der Waals surface area contributed by atoms with Gasteiger partial charge in [0.15, 0.2) is 5.69 Å². The quantitative estimate of drug-likeness (QED) is 0.528. The van der Waals surface area contributed by atoms with E-state index < -0.39 is 0 Å². The minimum atomic E-state index is -0.384. The van der Waals surface area contributed by atoms with Crippen molar-refractivity contribution in [3.05, 3.63) is 90.1 Å². The highest BCUT2D eigenvalue weighted by atomic mass is 19.1. The standard InChI is InChI=1S/C23H19FN4O2/c1-15-5-10-22(30-2)19(12-15)26-23(29)20-13-21(16-4-3-11-25-14-16)28(27-20)18-8-6-17(24)7-9-18/h3-14H,1-2H3,(H,26,29). The van der Waals surface area contributed by atoms with Gasteiger partial charge in [0.25, 0.3) is 5.91 Å². The van der Waals surface area contributed by atoms with Crippen molar-refractivity contribution in [2.45, 2.75) is 6.92 Å². The van der Waals surface area contributed by atoms with Crippen LogP contribution in [0.2, 0.25) is 0 Å². The van der Waals surface area contributed by atoms with Gasteiger partial charge in [0.2, 0.25) is 0 Å². The molecule has 0 aliphatic carbocycles. The van der Waals surface area contributed by atoms with Crippen molar-refractivity contribution >= 4 is 11.6 Å². The van der Waals surface area contributed by atoms with Gasteiger partial charge in [-0.15, -0.1) is 0 Å². The third-order valence-electron chi connectivity index (χ3n) is 4.57. The van der Waals surface area contributed by atoms with Crippen LogP contribution in [0.1, 0.15) is 16.1 Å². The Hall–Kier alpha value is -4.00. The summed E-state index contributed by atoms with van der Waals surface area (Å²) < 4.78 is 20.3. The molecule has 2 aromatic carbocycles. The van der Waals surface area contributed by atoms with Gasteiger partial charge in [-0.25, -0.2) is 9.07 Å². The van der Waals surface area contributed by atoms with Crippen molar-refractivity contribution in [1.82, 2.24) is 14.8 Å². The number of nitrogens with zero attached hydrogens (tertiary/aromatic N) is 3. The van der Waals surface area contributed by atoms with Gasteiger partial charge in [-0.3, -0.25) is 9.78 Å². The normalized spacial score (nSPS) is 10.6. The second kappa shape index (κ2) is 8.16. The van der Waals surface area contributed by atoms with E-state index >= 15 is 0 Å². The molecule has 0 saturated heterocycles. The van der Waals surface area contributed by atoms with Crippen molar-refractivity contribution in [1.29, 1.82) is 0 Å². The van der Waals surface area contributed by atoms with E-state index in [4.69, 9.17) is 4.74 Å². The molecule has 0 fully saturated rings. The number of aromatic nitrogens is 3. The number of carbonyl (C=O) groups excluding carboxylic acids is 1. The molecule has 0 aliphatic heterocycles. The van der Waals surface area contributed by atoms with Crippen LogP contribution in [0.15, 0.2) is 73.1 Å². The molecular formula is C23H19FN4O2. The molecule has 0 bridgehead atoms. The first-order valence-electron chi connectivity index (χ1n) is 9.27. The number of ether oxygens (including phenoxy) is 1. The van der Waals surface area contributed by atoms with Crippen molar-refractivity contribution in [2.24, 2.45) is 0 Å². The fourth-order valence-electron chi connectivity index (χ4n) is 3.10. The van der Waals surface area contributed by atoms with E-state index in [9.17, 15) is 9.18 Å². The first-order chi connectivity index (χ1) is 14.5. The maximum atomic E-state index is 13.4. The van der Waals surface area contributed by atoms with Gasteiger partial charge in [-0.2, -0.15) is 5.10 Å². The molecule has 4 aromatic rings. The van der Waals surface area contributed by atoms with Crippen molar-refractivity contribution < 1.29 is 13.9 Å². The number of halogens is 1. The molecule has 0 atom stereocenters. The number of hydrogen-bond donors (Lipinski definition) is 1. The number of aryl methyl sites for hydroxylation is 1. The molecule has 0 spiro atoms. The van der Waals surface area contributed by atoms with Gasteiger partial charge in [0, 0.05) is 18.0 Å². The van der Waals surface area contributed by atoms with Gasteiger partial charge < -0.3 is 10.1 Å². The molecule has 0 aliphatic rings. The summed E-state index contributed by atoms with van der Waals surface area (Å²) in [5, 5.41) is 7.33. The van der Waals surface area contributed by atoms with Crippen LogP contribution >= 0.6 is 0 Å². The van der Waals surface area contributed by atoms with Crippen molar-refractivity contribution in [3.8, 4) is 22.7 Å². The molecule has 2 aromatic heterocycles. The molecule has 1 amide bonds. The van der Waals surface area contributed by atoms with Crippen LogP contribution in [0, 0.1) is 12.7 Å². The van der Waals surface area contributed by atoms with E-state index in [1.54, 1.807) is 54.5 Å². The highest BCUT2D eigenvalue weighted by Crippen LogP contribution is 2.27. The molecule has 0 saturated carbocycles. The highest BCUT2D eigenvalue weighted by molar-refractivity contribution is 6.04. The summed E-state index contributed by atoms with van der Waals surface area (Å²) in [6, 6.07) is 16.8. The second-order valence-corrected chi connectivity index (χ2v) is 6.70. The van der Waals surface area contributed by atoms with Crippen LogP contribution in [-0.4, -0.2) is 27.8 Å². The maximum absolute atomic E-state index is 13.4. The molecule has 0 radical (unpaired) electrons. The Labute approximate surface area is 173 Å². The third kappa shape index (κ3) is 3.91. The molecule has 4 rings (SSSR count). The van der Waals surface area contributed by atoms with Gasteiger partial charge in [-0.1, -0.05) is 6.07 Å². The molecule has 2 heterocycles. The number of amides is 1. The van der Waals surface area contributed by atoms with Crippen molar-refractivity contribution in [3.63, 3.8) is 0 Å². The average Bonchev–Trinajstić information content (AvgIpc) is 3.21. The molecule has 150 valence electrons. The van der Waals surface area contributed by atoms with Crippen LogP contribution in [0.5, 0.6) is 5.75 Å². The molecule has 7 heteroatoms. The van der Waals surface area contributed by atoms with Gasteiger partial charge in [0.1, 0.15) is 11.6 Å². The second-order valence-electron chi connectivity index (χ2n) is 6.70. The molecular weight excluding hydrogens is 383 g/mol. The number of benzene rings is 2. The SMILES string of the molecule is COc1ccc(C)cc1NC(=O)c1cc(-c2cccnc2)n(-c2ccc(F)cc2)n1. The predicted octanol–water partition coefficient (Wildman–Crippen LogP) is 4.64. The Morgan fingerprint density at radius 3 is 2.60 bits per heavy atom. The lowest BCUT2D eigenvalue weighted by Gasteiger charge is -2.10. The summed E-state index contributed by atoms with van der Waals surface area (Å²) in [5.41, 5.74) is 3.82. The van der Waals surface area contributed by atoms with E-state index in [1.807, 2.05) is 25.1 Å². The van der Waals surface area contributed by atoms with E-state index in [0.717, 1.165) is 11.1 Å².